The zero-order valence-corrected chi connectivity index (χ0v) is 13.1. The fourth-order valence-electron chi connectivity index (χ4n) is 2.80. The number of aliphatic hydroxyl groups is 1. The van der Waals surface area contributed by atoms with Crippen LogP contribution in [0.15, 0.2) is 24.3 Å². The zero-order valence-electron chi connectivity index (χ0n) is 13.1. The van der Waals surface area contributed by atoms with Gasteiger partial charge >= 0.3 is 0 Å². The summed E-state index contributed by atoms with van der Waals surface area (Å²) in [5.74, 6) is -0.435. The molecule has 6 nitrogen and oxygen atoms in total. The minimum absolute atomic E-state index is 0.0935. The van der Waals surface area contributed by atoms with Crippen LogP contribution >= 0.6 is 0 Å². The van der Waals surface area contributed by atoms with Gasteiger partial charge in [0.25, 0.3) is 0 Å². The number of ether oxygens (including phenoxy) is 1. The Hall–Kier alpha value is -1.47. The molecule has 2 rings (SSSR count). The molecule has 3 N–H and O–H groups in total. The lowest BCUT2D eigenvalue weighted by Gasteiger charge is -2.33. The Labute approximate surface area is 130 Å². The van der Waals surface area contributed by atoms with E-state index in [9.17, 15) is 9.90 Å². The van der Waals surface area contributed by atoms with E-state index in [-0.39, 0.29) is 12.0 Å². The summed E-state index contributed by atoms with van der Waals surface area (Å²) in [4.78, 5) is 13.1. The number of methoxy groups -OCH3 is 1. The van der Waals surface area contributed by atoms with Crippen molar-refractivity contribution < 1.29 is 19.8 Å². The standard InChI is InChI=1S/C16H24N2O4/c1-18(16(9-10-16)11-22-2)15(20)13-6-4-3-5-12(13)7-8-14(19)17-21/h3-6,15,20-21H,7-11H2,1-2H3,(H,17,19). The molecule has 6 heteroatoms. The van der Waals surface area contributed by atoms with E-state index in [1.165, 1.54) is 0 Å². The smallest absolute Gasteiger partial charge is 0.243 e. The number of hydrogen-bond donors (Lipinski definition) is 3. The number of nitrogens with zero attached hydrogens (tertiary/aromatic N) is 1. The summed E-state index contributed by atoms with van der Waals surface area (Å²) in [5.41, 5.74) is 3.23. The maximum absolute atomic E-state index is 11.2. The number of aliphatic hydroxyl groups excluding tert-OH is 1. The van der Waals surface area contributed by atoms with Crippen molar-refractivity contribution in [2.45, 2.75) is 37.5 Å². The molecule has 1 fully saturated rings. The monoisotopic (exact) mass is 308 g/mol. The van der Waals surface area contributed by atoms with Gasteiger partial charge in [0.2, 0.25) is 5.91 Å². The first-order valence-electron chi connectivity index (χ1n) is 7.45. The minimum Gasteiger partial charge on any atom is -0.383 e. The Morgan fingerprint density at radius 3 is 2.73 bits per heavy atom. The molecule has 0 saturated heterocycles. The molecule has 1 saturated carbocycles. The highest BCUT2D eigenvalue weighted by Gasteiger charge is 2.48. The molecule has 1 aromatic carbocycles. The van der Waals surface area contributed by atoms with E-state index in [0.717, 1.165) is 24.0 Å². The fourth-order valence-corrected chi connectivity index (χ4v) is 2.80. The number of likely N-dealkylation sites (N-methyl/N-ethyl adjacent to an activating group) is 1. The second kappa shape index (κ2) is 7.19. The van der Waals surface area contributed by atoms with Crippen molar-refractivity contribution in [3.63, 3.8) is 0 Å². The highest BCUT2D eigenvalue weighted by Crippen LogP contribution is 2.44. The van der Waals surface area contributed by atoms with Crippen molar-refractivity contribution >= 4 is 5.91 Å². The Balaban J connectivity index is 2.12. The van der Waals surface area contributed by atoms with Gasteiger partial charge in [0, 0.05) is 19.1 Å². The number of hydroxylamine groups is 1. The molecule has 122 valence electrons. The second-order valence-corrected chi connectivity index (χ2v) is 5.88. The normalized spacial score (nSPS) is 17.3. The summed E-state index contributed by atoms with van der Waals surface area (Å²) in [6, 6.07) is 7.52. The molecule has 1 amide bonds. The Bertz CT molecular complexity index is 517. The lowest BCUT2D eigenvalue weighted by atomic mass is 10.00. The minimum atomic E-state index is -0.744. The van der Waals surface area contributed by atoms with Crippen LogP contribution in [-0.4, -0.2) is 47.4 Å². The molecule has 0 radical (unpaired) electrons. The molecule has 0 spiro atoms. The molecule has 22 heavy (non-hydrogen) atoms. The van der Waals surface area contributed by atoms with Crippen LogP contribution in [0.5, 0.6) is 0 Å². The third-order valence-electron chi connectivity index (χ3n) is 4.43. The summed E-state index contributed by atoms with van der Waals surface area (Å²) in [6.07, 6.45) is 1.90. The van der Waals surface area contributed by atoms with Crippen LogP contribution < -0.4 is 5.48 Å². The van der Waals surface area contributed by atoms with Gasteiger partial charge in [0.1, 0.15) is 6.23 Å². The van der Waals surface area contributed by atoms with Crippen LogP contribution in [0.4, 0.5) is 0 Å². The van der Waals surface area contributed by atoms with Crippen molar-refractivity contribution in [1.29, 1.82) is 0 Å². The molecule has 1 aliphatic carbocycles. The first-order valence-corrected chi connectivity index (χ1v) is 7.45. The van der Waals surface area contributed by atoms with E-state index >= 15 is 0 Å². The zero-order chi connectivity index (χ0) is 16.2. The van der Waals surface area contributed by atoms with Crippen LogP contribution in [0, 0.1) is 0 Å². The SMILES string of the molecule is COCC1(N(C)C(O)c2ccccc2CCC(=O)NO)CC1. The van der Waals surface area contributed by atoms with Crippen LogP contribution in [-0.2, 0) is 16.0 Å². The molecule has 0 bridgehead atoms. The van der Waals surface area contributed by atoms with Gasteiger partial charge in [-0.3, -0.25) is 14.9 Å². The second-order valence-electron chi connectivity index (χ2n) is 5.88. The van der Waals surface area contributed by atoms with Gasteiger partial charge in [-0.25, -0.2) is 5.48 Å². The third-order valence-corrected chi connectivity index (χ3v) is 4.43. The fraction of sp³-hybridized carbons (Fsp3) is 0.562. The van der Waals surface area contributed by atoms with Crippen LogP contribution in [0.25, 0.3) is 0 Å². The Morgan fingerprint density at radius 1 is 1.45 bits per heavy atom. The lowest BCUT2D eigenvalue weighted by Crippen LogP contribution is -2.40. The van der Waals surface area contributed by atoms with Gasteiger partial charge in [-0.1, -0.05) is 24.3 Å². The predicted octanol–water partition coefficient (Wildman–Crippen LogP) is 1.23. The van der Waals surface area contributed by atoms with Crippen LogP contribution in [0.2, 0.25) is 0 Å². The first-order chi connectivity index (χ1) is 10.5. The Kier molecular flexibility index (Phi) is 5.52. The molecule has 1 aromatic rings. The van der Waals surface area contributed by atoms with Gasteiger partial charge in [-0.2, -0.15) is 0 Å². The highest BCUT2D eigenvalue weighted by molar-refractivity contribution is 5.74. The number of carbonyl (C=O) groups is 1. The molecule has 1 unspecified atom stereocenters. The number of aryl methyl sites for hydroxylation is 1. The number of amides is 1. The van der Waals surface area contributed by atoms with Crippen molar-refractivity contribution in [1.82, 2.24) is 10.4 Å². The van der Waals surface area contributed by atoms with E-state index in [1.54, 1.807) is 12.6 Å². The molecule has 0 aliphatic heterocycles. The summed E-state index contributed by atoms with van der Waals surface area (Å²) < 4.78 is 5.27. The molecule has 1 atom stereocenters. The number of rotatable bonds is 8. The third kappa shape index (κ3) is 3.64. The van der Waals surface area contributed by atoms with Crippen molar-refractivity contribution in [2.75, 3.05) is 20.8 Å². The largest absolute Gasteiger partial charge is 0.383 e. The number of carbonyl (C=O) groups excluding carboxylic acids is 1. The maximum Gasteiger partial charge on any atom is 0.243 e. The summed E-state index contributed by atoms with van der Waals surface area (Å²) in [7, 11) is 3.57. The number of nitrogens with one attached hydrogen (secondary N) is 1. The van der Waals surface area contributed by atoms with E-state index in [1.807, 2.05) is 36.2 Å². The summed E-state index contributed by atoms with van der Waals surface area (Å²) in [5, 5.41) is 19.3. The first kappa shape index (κ1) is 16.9. The van der Waals surface area contributed by atoms with Crippen molar-refractivity contribution in [3.8, 4) is 0 Å². The van der Waals surface area contributed by atoms with Crippen LogP contribution in [0.1, 0.15) is 36.6 Å². The van der Waals surface area contributed by atoms with Crippen LogP contribution in [0.3, 0.4) is 0 Å². The lowest BCUT2D eigenvalue weighted by molar-refractivity contribution is -0.129. The number of benzene rings is 1. The van der Waals surface area contributed by atoms with Gasteiger partial charge in [-0.05, 0) is 37.4 Å². The van der Waals surface area contributed by atoms with E-state index in [0.29, 0.717) is 13.0 Å². The van der Waals surface area contributed by atoms with Crippen molar-refractivity contribution in [3.05, 3.63) is 35.4 Å². The quantitative estimate of drug-likeness (QED) is 0.382. The van der Waals surface area contributed by atoms with E-state index < -0.39 is 12.1 Å². The predicted molar refractivity (Wildman–Crippen MR) is 81.3 cm³/mol. The molecule has 1 aliphatic rings. The molecule has 0 heterocycles. The summed E-state index contributed by atoms with van der Waals surface area (Å²) >= 11 is 0. The van der Waals surface area contributed by atoms with Gasteiger partial charge in [-0.15, -0.1) is 0 Å². The van der Waals surface area contributed by atoms with Gasteiger partial charge in [0.05, 0.1) is 6.61 Å². The van der Waals surface area contributed by atoms with E-state index in [2.05, 4.69) is 0 Å². The molecular formula is C16H24N2O4. The average molecular weight is 308 g/mol. The average Bonchev–Trinajstić information content (AvgIpc) is 3.32. The maximum atomic E-state index is 11.2. The van der Waals surface area contributed by atoms with Gasteiger partial charge < -0.3 is 9.84 Å². The Morgan fingerprint density at radius 2 is 2.14 bits per heavy atom. The van der Waals surface area contributed by atoms with Crippen molar-refractivity contribution in [2.24, 2.45) is 0 Å². The number of hydrogen-bond acceptors (Lipinski definition) is 5. The molecular weight excluding hydrogens is 284 g/mol. The summed E-state index contributed by atoms with van der Waals surface area (Å²) in [6.45, 7) is 0.593. The topological polar surface area (TPSA) is 82.0 Å². The highest BCUT2D eigenvalue weighted by atomic mass is 16.5. The van der Waals surface area contributed by atoms with Gasteiger partial charge in [0.15, 0.2) is 0 Å². The molecule has 0 aromatic heterocycles. The van der Waals surface area contributed by atoms with E-state index in [4.69, 9.17) is 9.94 Å².